The van der Waals surface area contributed by atoms with Crippen molar-refractivity contribution in [2.24, 2.45) is 0 Å². The van der Waals surface area contributed by atoms with Gasteiger partial charge in [-0.15, -0.1) is 0 Å². The number of aromatic nitrogens is 2. The maximum absolute atomic E-state index is 14.9. The van der Waals surface area contributed by atoms with E-state index in [0.29, 0.717) is 21.5 Å². The minimum Gasteiger partial charge on any atom is -0.310 e. The summed E-state index contributed by atoms with van der Waals surface area (Å²) in [5, 5.41) is 6.57. The fraction of sp³-hybridized carbons (Fsp3) is 0. The van der Waals surface area contributed by atoms with Crippen LogP contribution in [0.1, 0.15) is 0 Å². The molecule has 0 radical (unpaired) electrons. The molecule has 4 aromatic heterocycles. The van der Waals surface area contributed by atoms with Gasteiger partial charge in [0.05, 0.1) is 38.8 Å². The molecule has 62 heavy (non-hydrogen) atoms. The van der Waals surface area contributed by atoms with Crippen LogP contribution >= 0.6 is 0 Å². The van der Waals surface area contributed by atoms with Crippen LogP contribution < -0.4 is 20.7 Å². The molecule has 290 valence electrons. The van der Waals surface area contributed by atoms with Gasteiger partial charge in [0, 0.05) is 71.5 Å². The van der Waals surface area contributed by atoms with Crippen LogP contribution in [0.2, 0.25) is 0 Å². The summed E-state index contributed by atoms with van der Waals surface area (Å²) in [4.78, 5) is 34.1. The number of nitrogens with zero attached hydrogens (tertiary/aromatic N) is 4. The molecule has 0 bridgehead atoms. The second kappa shape index (κ2) is 13.0. The van der Waals surface area contributed by atoms with E-state index in [2.05, 4.69) is 128 Å². The van der Waals surface area contributed by atoms with E-state index in [0.717, 1.165) is 88.8 Å². The molecule has 4 heterocycles. The first-order chi connectivity index (χ1) is 30.7. The van der Waals surface area contributed by atoms with Crippen molar-refractivity contribution < 1.29 is 0 Å². The predicted octanol–water partition coefficient (Wildman–Crippen LogP) is 13.6. The molecule has 0 fully saturated rings. The first-order valence-electron chi connectivity index (χ1n) is 20.9. The standard InChI is InChI=1S/C56H34N4O2/c61-55-41-26-14-16-28-47(41)60-53-42(50-48(32-30-43(55)54(50)60)58(37-21-9-3-10-22-37)38-23-11-4-12-24-38)29-31-49-51(53)44-33-39(57(35-17-5-1-6-18-35)36-19-7-2-8-20-36)34-45-52(44)59(49)46-27-15-13-25-40(46)56(45)62/h1-34H. The van der Waals surface area contributed by atoms with Crippen molar-refractivity contribution in [3.63, 3.8) is 0 Å². The van der Waals surface area contributed by atoms with Gasteiger partial charge in [-0.25, -0.2) is 0 Å². The average molecular weight is 795 g/mol. The van der Waals surface area contributed by atoms with E-state index in [9.17, 15) is 9.59 Å². The summed E-state index contributed by atoms with van der Waals surface area (Å²) < 4.78 is 4.60. The Morgan fingerprint density at radius 1 is 0.290 bits per heavy atom. The van der Waals surface area contributed by atoms with E-state index in [1.807, 2.05) is 97.1 Å². The highest BCUT2D eigenvalue weighted by Gasteiger charge is 2.28. The Hall–Kier alpha value is -8.48. The number of anilines is 6. The Labute approximate surface area is 354 Å². The van der Waals surface area contributed by atoms with Gasteiger partial charge in [-0.2, -0.15) is 0 Å². The van der Waals surface area contributed by atoms with Crippen LogP contribution in [0, 0.1) is 0 Å². The van der Waals surface area contributed by atoms with E-state index in [1.54, 1.807) is 0 Å². The van der Waals surface area contributed by atoms with Crippen molar-refractivity contribution >= 4 is 110 Å². The lowest BCUT2D eigenvalue weighted by Gasteiger charge is -2.26. The number of benzene rings is 9. The van der Waals surface area contributed by atoms with Crippen LogP contribution in [-0.4, -0.2) is 8.80 Å². The number of pyridine rings is 2. The van der Waals surface area contributed by atoms with E-state index < -0.39 is 0 Å². The Kier molecular flexibility index (Phi) is 7.22. The molecule has 0 saturated heterocycles. The summed E-state index contributed by atoms with van der Waals surface area (Å²) in [5.41, 5.74) is 11.2. The number of hydrogen-bond acceptors (Lipinski definition) is 4. The van der Waals surface area contributed by atoms with E-state index in [-0.39, 0.29) is 10.9 Å². The van der Waals surface area contributed by atoms with E-state index in [4.69, 9.17) is 0 Å². The average Bonchev–Trinajstić information content (AvgIpc) is 3.86. The van der Waals surface area contributed by atoms with Gasteiger partial charge in [0.25, 0.3) is 0 Å². The molecule has 0 unspecified atom stereocenters. The lowest BCUT2D eigenvalue weighted by Crippen LogP contribution is -2.12. The predicted molar refractivity (Wildman–Crippen MR) is 258 cm³/mol. The summed E-state index contributed by atoms with van der Waals surface area (Å²) in [5.74, 6) is 0. The minimum atomic E-state index is -0.0105. The number of hydrogen-bond donors (Lipinski definition) is 0. The Bertz CT molecular complexity index is 3940. The molecule has 9 aromatic carbocycles. The van der Waals surface area contributed by atoms with Gasteiger partial charge in [0.2, 0.25) is 0 Å². The molecule has 6 heteroatoms. The monoisotopic (exact) mass is 794 g/mol. The van der Waals surface area contributed by atoms with Crippen LogP contribution in [-0.2, 0) is 0 Å². The zero-order chi connectivity index (χ0) is 41.1. The Balaban J connectivity index is 1.28. The normalized spacial score (nSPS) is 12.0. The number of rotatable bonds is 6. The first kappa shape index (κ1) is 34.4. The van der Waals surface area contributed by atoms with Gasteiger partial charge in [0.15, 0.2) is 10.9 Å². The van der Waals surface area contributed by atoms with Crippen molar-refractivity contribution in [2.45, 2.75) is 0 Å². The van der Waals surface area contributed by atoms with Crippen molar-refractivity contribution in [2.75, 3.05) is 9.80 Å². The molecule has 0 amide bonds. The Morgan fingerprint density at radius 2 is 0.742 bits per heavy atom. The van der Waals surface area contributed by atoms with Crippen LogP contribution in [0.3, 0.4) is 0 Å². The zero-order valence-corrected chi connectivity index (χ0v) is 33.2. The highest BCUT2D eigenvalue weighted by molar-refractivity contribution is 6.32. The summed E-state index contributed by atoms with van der Waals surface area (Å²) in [6, 6.07) is 70.2. The van der Waals surface area contributed by atoms with Crippen molar-refractivity contribution in [1.82, 2.24) is 8.80 Å². The van der Waals surface area contributed by atoms with Crippen molar-refractivity contribution in [3.8, 4) is 0 Å². The third kappa shape index (κ3) is 4.69. The van der Waals surface area contributed by atoms with Gasteiger partial charge in [0.1, 0.15) is 0 Å². The molecule has 0 aliphatic rings. The minimum absolute atomic E-state index is 0.000442. The molecule has 0 N–H and O–H groups in total. The molecular weight excluding hydrogens is 761 g/mol. The van der Waals surface area contributed by atoms with Crippen LogP contribution in [0.4, 0.5) is 34.1 Å². The van der Waals surface area contributed by atoms with Crippen molar-refractivity contribution in [3.05, 3.63) is 227 Å². The Morgan fingerprint density at radius 3 is 1.32 bits per heavy atom. The fourth-order valence-corrected chi connectivity index (χ4v) is 10.2. The molecule has 13 aromatic rings. The molecule has 13 rings (SSSR count). The molecule has 0 spiro atoms. The molecule has 0 aliphatic heterocycles. The van der Waals surface area contributed by atoms with Gasteiger partial charge < -0.3 is 18.6 Å². The second-order valence-corrected chi connectivity index (χ2v) is 16.0. The van der Waals surface area contributed by atoms with Gasteiger partial charge in [-0.3, -0.25) is 9.59 Å². The van der Waals surface area contributed by atoms with E-state index in [1.165, 1.54) is 0 Å². The van der Waals surface area contributed by atoms with Crippen LogP contribution in [0.5, 0.6) is 0 Å². The van der Waals surface area contributed by atoms with Crippen LogP contribution in [0.15, 0.2) is 216 Å². The molecule has 0 saturated carbocycles. The maximum Gasteiger partial charge on any atom is 0.197 e. The quantitative estimate of drug-likeness (QED) is 0.157. The topological polar surface area (TPSA) is 49.4 Å². The highest BCUT2D eigenvalue weighted by atomic mass is 16.1. The number of fused-ring (bicyclic) bond motifs is 11. The lowest BCUT2D eigenvalue weighted by molar-refractivity contribution is 1.29. The summed E-state index contributed by atoms with van der Waals surface area (Å²) >= 11 is 0. The van der Waals surface area contributed by atoms with Gasteiger partial charge >= 0.3 is 0 Å². The van der Waals surface area contributed by atoms with Crippen LogP contribution in [0.25, 0.3) is 76.2 Å². The lowest BCUT2D eigenvalue weighted by atomic mass is 10.0. The molecule has 0 aliphatic carbocycles. The highest BCUT2D eigenvalue weighted by Crippen LogP contribution is 2.49. The summed E-state index contributed by atoms with van der Waals surface area (Å²) in [7, 11) is 0. The van der Waals surface area contributed by atoms with E-state index >= 15 is 0 Å². The third-order valence-corrected chi connectivity index (χ3v) is 12.7. The largest absolute Gasteiger partial charge is 0.310 e. The summed E-state index contributed by atoms with van der Waals surface area (Å²) in [6.07, 6.45) is 0. The molecule has 0 atom stereocenters. The SMILES string of the molecule is O=c1c2ccccc2n2c3ccc4c5c(N(c6ccccc6)c6ccccc6)ccc6c(=O)c7ccccc7n(c65)c4c3c3cc(N(c4ccccc4)c4ccccc4)cc1c32. The fourth-order valence-electron chi connectivity index (χ4n) is 10.2. The zero-order valence-electron chi connectivity index (χ0n) is 33.2. The summed E-state index contributed by atoms with van der Waals surface area (Å²) in [6.45, 7) is 0. The third-order valence-electron chi connectivity index (χ3n) is 12.7. The molecule has 6 nitrogen and oxygen atoms in total. The number of para-hydroxylation sites is 6. The van der Waals surface area contributed by atoms with Crippen molar-refractivity contribution in [1.29, 1.82) is 0 Å². The van der Waals surface area contributed by atoms with Gasteiger partial charge in [-0.1, -0.05) is 97.1 Å². The molecular formula is C56H34N4O2. The second-order valence-electron chi connectivity index (χ2n) is 16.0. The maximum atomic E-state index is 14.9. The smallest absolute Gasteiger partial charge is 0.197 e. The van der Waals surface area contributed by atoms with Gasteiger partial charge in [-0.05, 0) is 109 Å². The first-order valence-corrected chi connectivity index (χ1v) is 20.9.